The Morgan fingerprint density at radius 1 is 1.16 bits per heavy atom. The van der Waals surface area contributed by atoms with Gasteiger partial charge in [-0.2, -0.15) is 0 Å². The molecule has 0 saturated carbocycles. The molecule has 1 atom stereocenters. The Balaban J connectivity index is 2.56. The van der Waals surface area contributed by atoms with E-state index in [2.05, 4.69) is 0 Å². The average Bonchev–Trinajstić information content (AvgIpc) is 2.37. The molecule has 1 rings (SSSR count). The minimum atomic E-state index is -3.56. The fourth-order valence-electron chi connectivity index (χ4n) is 1.69. The van der Waals surface area contributed by atoms with Gasteiger partial charge in [-0.25, -0.2) is 8.42 Å². The first-order chi connectivity index (χ1) is 9.03. The lowest BCUT2D eigenvalue weighted by molar-refractivity contribution is 0.0486. The van der Waals surface area contributed by atoms with Crippen LogP contribution >= 0.6 is 10.7 Å². The molecule has 0 aliphatic heterocycles. The fraction of sp³-hybridized carbons (Fsp3) is 0.538. The second-order valence-corrected chi connectivity index (χ2v) is 6.91. The van der Waals surface area contributed by atoms with E-state index < -0.39 is 9.05 Å². The van der Waals surface area contributed by atoms with Gasteiger partial charge < -0.3 is 9.47 Å². The Labute approximate surface area is 119 Å². The molecule has 1 aromatic rings. The molecule has 1 aromatic carbocycles. The lowest BCUT2D eigenvalue weighted by atomic mass is 10.0. The van der Waals surface area contributed by atoms with E-state index in [0.717, 1.165) is 5.56 Å². The standard InChI is InChI=1S/C13H19ClO4S/c1-2-17-8-9-18-10-13(11-19(14,15)16)12-6-4-3-5-7-12/h3-7,13H,2,8-11H2,1H3. The Morgan fingerprint density at radius 3 is 2.37 bits per heavy atom. The van der Waals surface area contributed by atoms with E-state index in [9.17, 15) is 8.42 Å². The summed E-state index contributed by atoms with van der Waals surface area (Å²) in [7, 11) is 1.77. The lowest BCUT2D eigenvalue weighted by Crippen LogP contribution is -2.17. The second kappa shape index (κ2) is 8.53. The van der Waals surface area contributed by atoms with Gasteiger partial charge >= 0.3 is 0 Å². The van der Waals surface area contributed by atoms with Gasteiger partial charge in [0.15, 0.2) is 0 Å². The quantitative estimate of drug-likeness (QED) is 0.519. The molecule has 0 aliphatic carbocycles. The highest BCUT2D eigenvalue weighted by atomic mass is 35.7. The summed E-state index contributed by atoms with van der Waals surface area (Å²) in [5, 5.41) is 0. The fourth-order valence-corrected chi connectivity index (χ4v) is 2.92. The van der Waals surface area contributed by atoms with E-state index in [0.29, 0.717) is 26.4 Å². The van der Waals surface area contributed by atoms with Gasteiger partial charge in [-0.05, 0) is 12.5 Å². The van der Waals surface area contributed by atoms with Gasteiger partial charge in [-0.1, -0.05) is 30.3 Å². The molecule has 0 N–H and O–H groups in total. The van der Waals surface area contributed by atoms with Crippen molar-refractivity contribution in [1.29, 1.82) is 0 Å². The summed E-state index contributed by atoms with van der Waals surface area (Å²) in [4.78, 5) is 0. The summed E-state index contributed by atoms with van der Waals surface area (Å²) in [5.74, 6) is -0.391. The maximum absolute atomic E-state index is 11.2. The number of hydrogen-bond donors (Lipinski definition) is 0. The van der Waals surface area contributed by atoms with Crippen molar-refractivity contribution in [2.45, 2.75) is 12.8 Å². The van der Waals surface area contributed by atoms with Crippen LogP contribution in [-0.2, 0) is 18.5 Å². The number of hydrogen-bond acceptors (Lipinski definition) is 4. The Hall–Kier alpha value is -0.620. The molecule has 0 fully saturated rings. The predicted octanol–water partition coefficient (Wildman–Crippen LogP) is 2.39. The van der Waals surface area contributed by atoms with E-state index in [-0.39, 0.29) is 11.7 Å². The van der Waals surface area contributed by atoms with E-state index in [1.165, 1.54) is 0 Å². The van der Waals surface area contributed by atoms with Crippen LogP contribution < -0.4 is 0 Å². The Morgan fingerprint density at radius 2 is 1.79 bits per heavy atom. The van der Waals surface area contributed by atoms with Crippen LogP contribution in [0.1, 0.15) is 18.4 Å². The molecule has 4 nitrogen and oxygen atoms in total. The molecule has 0 saturated heterocycles. The van der Waals surface area contributed by atoms with Crippen molar-refractivity contribution in [3.63, 3.8) is 0 Å². The van der Waals surface area contributed by atoms with Crippen LogP contribution in [0, 0.1) is 0 Å². The Bertz CT molecular complexity index is 447. The van der Waals surface area contributed by atoms with E-state index in [1.54, 1.807) is 0 Å². The predicted molar refractivity (Wildman–Crippen MR) is 76.1 cm³/mol. The molecule has 6 heteroatoms. The maximum Gasteiger partial charge on any atom is 0.233 e. The minimum Gasteiger partial charge on any atom is -0.379 e. The van der Waals surface area contributed by atoms with Crippen LogP contribution in [0.4, 0.5) is 0 Å². The molecule has 1 unspecified atom stereocenters. The number of rotatable bonds is 9. The number of halogens is 1. The number of benzene rings is 1. The summed E-state index contributed by atoms with van der Waals surface area (Å²) < 4.78 is 33.1. The molecular formula is C13H19ClO4S. The van der Waals surface area contributed by atoms with Crippen LogP contribution in [-0.4, -0.2) is 40.6 Å². The first-order valence-corrected chi connectivity index (χ1v) is 8.63. The van der Waals surface area contributed by atoms with Crippen molar-refractivity contribution < 1.29 is 17.9 Å². The number of ether oxygens (including phenoxy) is 2. The molecular weight excluding hydrogens is 288 g/mol. The van der Waals surface area contributed by atoms with Gasteiger partial charge in [-0.3, -0.25) is 0 Å². The summed E-state index contributed by atoms with van der Waals surface area (Å²) in [6.45, 7) is 3.81. The van der Waals surface area contributed by atoms with Crippen LogP contribution in [0.25, 0.3) is 0 Å². The second-order valence-electron chi connectivity index (χ2n) is 4.08. The zero-order chi connectivity index (χ0) is 14.1. The van der Waals surface area contributed by atoms with Gasteiger partial charge in [0.1, 0.15) is 0 Å². The van der Waals surface area contributed by atoms with Crippen molar-refractivity contribution in [3.05, 3.63) is 35.9 Å². The molecule has 0 heterocycles. The normalized spacial score (nSPS) is 13.4. The van der Waals surface area contributed by atoms with E-state index in [4.69, 9.17) is 20.2 Å². The monoisotopic (exact) mass is 306 g/mol. The molecule has 19 heavy (non-hydrogen) atoms. The third-order valence-electron chi connectivity index (χ3n) is 2.57. The highest BCUT2D eigenvalue weighted by Gasteiger charge is 2.19. The summed E-state index contributed by atoms with van der Waals surface area (Å²) in [6, 6.07) is 9.36. The SMILES string of the molecule is CCOCCOCC(CS(=O)(=O)Cl)c1ccccc1. The summed E-state index contributed by atoms with van der Waals surface area (Å²) in [5.41, 5.74) is 0.906. The Kier molecular flexibility index (Phi) is 7.38. The molecule has 0 bridgehead atoms. The lowest BCUT2D eigenvalue weighted by Gasteiger charge is -2.16. The average molecular weight is 307 g/mol. The third kappa shape index (κ3) is 7.52. The van der Waals surface area contributed by atoms with Crippen LogP contribution in [0.15, 0.2) is 30.3 Å². The molecule has 108 valence electrons. The molecule has 0 radical (unpaired) electrons. The maximum atomic E-state index is 11.2. The third-order valence-corrected chi connectivity index (χ3v) is 3.74. The highest BCUT2D eigenvalue weighted by molar-refractivity contribution is 8.13. The van der Waals surface area contributed by atoms with Gasteiger partial charge in [-0.15, -0.1) is 0 Å². The van der Waals surface area contributed by atoms with Crippen molar-refractivity contribution in [2.75, 3.05) is 32.2 Å². The first-order valence-electron chi connectivity index (χ1n) is 6.15. The van der Waals surface area contributed by atoms with Crippen LogP contribution in [0.3, 0.4) is 0 Å². The van der Waals surface area contributed by atoms with Gasteiger partial charge in [0.05, 0.1) is 25.6 Å². The van der Waals surface area contributed by atoms with Crippen molar-refractivity contribution in [2.24, 2.45) is 0 Å². The van der Waals surface area contributed by atoms with E-state index in [1.807, 2.05) is 37.3 Å². The first kappa shape index (κ1) is 16.4. The zero-order valence-corrected chi connectivity index (χ0v) is 12.5. The summed E-state index contributed by atoms with van der Waals surface area (Å²) >= 11 is 0. The van der Waals surface area contributed by atoms with Gasteiger partial charge in [0.2, 0.25) is 9.05 Å². The topological polar surface area (TPSA) is 52.6 Å². The van der Waals surface area contributed by atoms with Crippen LogP contribution in [0.2, 0.25) is 0 Å². The van der Waals surface area contributed by atoms with Gasteiger partial charge in [0, 0.05) is 23.2 Å². The van der Waals surface area contributed by atoms with Gasteiger partial charge in [0.25, 0.3) is 0 Å². The van der Waals surface area contributed by atoms with Crippen molar-refractivity contribution in [1.82, 2.24) is 0 Å². The molecule has 0 amide bonds. The molecule has 0 spiro atoms. The highest BCUT2D eigenvalue weighted by Crippen LogP contribution is 2.19. The minimum absolute atomic E-state index is 0.132. The van der Waals surface area contributed by atoms with Crippen molar-refractivity contribution >= 4 is 19.7 Å². The molecule has 0 aromatic heterocycles. The molecule has 0 aliphatic rings. The summed E-state index contributed by atoms with van der Waals surface area (Å²) in [6.07, 6.45) is 0. The van der Waals surface area contributed by atoms with Crippen LogP contribution in [0.5, 0.6) is 0 Å². The van der Waals surface area contributed by atoms with E-state index >= 15 is 0 Å². The largest absolute Gasteiger partial charge is 0.379 e. The van der Waals surface area contributed by atoms with Crippen molar-refractivity contribution in [3.8, 4) is 0 Å². The smallest absolute Gasteiger partial charge is 0.233 e. The zero-order valence-electron chi connectivity index (χ0n) is 10.9.